The molecule has 1 aromatic rings. The summed E-state index contributed by atoms with van der Waals surface area (Å²) < 4.78 is 1.82. The van der Waals surface area contributed by atoms with Crippen LogP contribution in [0.15, 0.2) is 12.5 Å². The molecule has 2 heterocycles. The molecule has 3 rings (SSSR count). The molecule has 1 aromatic heterocycles. The second-order valence-corrected chi connectivity index (χ2v) is 5.79. The summed E-state index contributed by atoms with van der Waals surface area (Å²) in [6.45, 7) is 3.05. The maximum Gasteiger partial charge on any atom is 0.272 e. The van der Waals surface area contributed by atoms with Crippen LogP contribution in [0.3, 0.4) is 0 Å². The Labute approximate surface area is 114 Å². The minimum atomic E-state index is 0.146. The van der Waals surface area contributed by atoms with Crippen molar-refractivity contribution >= 4 is 5.91 Å². The molecular formula is C14H22N4O. The van der Waals surface area contributed by atoms with Crippen LogP contribution >= 0.6 is 0 Å². The summed E-state index contributed by atoms with van der Waals surface area (Å²) in [5.74, 6) is 0.750. The number of nitrogens with one attached hydrogen (secondary N) is 1. The van der Waals surface area contributed by atoms with Crippen LogP contribution in [0.5, 0.6) is 0 Å². The molecule has 104 valence electrons. The van der Waals surface area contributed by atoms with Gasteiger partial charge in [-0.05, 0) is 44.7 Å². The number of piperidine rings is 1. The van der Waals surface area contributed by atoms with E-state index in [1.54, 1.807) is 12.5 Å². The van der Waals surface area contributed by atoms with Crippen molar-refractivity contribution in [3.8, 4) is 0 Å². The Morgan fingerprint density at radius 3 is 2.95 bits per heavy atom. The number of carbonyl (C=O) groups is 1. The second-order valence-electron chi connectivity index (χ2n) is 5.79. The van der Waals surface area contributed by atoms with Crippen LogP contribution in [0.4, 0.5) is 0 Å². The highest BCUT2D eigenvalue weighted by Crippen LogP contribution is 2.29. The first kappa shape index (κ1) is 12.7. The SMILES string of the molecule is Cn1cncc1C(=O)N(CC1CCCNC1)C1CC1. The molecule has 19 heavy (non-hydrogen) atoms. The minimum Gasteiger partial charge on any atom is -0.334 e. The van der Waals surface area contributed by atoms with Gasteiger partial charge < -0.3 is 14.8 Å². The predicted octanol–water partition coefficient (Wildman–Crippen LogP) is 1.02. The average molecular weight is 262 g/mol. The predicted molar refractivity (Wildman–Crippen MR) is 72.9 cm³/mol. The Morgan fingerprint density at radius 1 is 1.53 bits per heavy atom. The summed E-state index contributed by atoms with van der Waals surface area (Å²) in [6.07, 6.45) is 8.14. The lowest BCUT2D eigenvalue weighted by atomic mass is 9.99. The molecule has 1 saturated carbocycles. The van der Waals surface area contributed by atoms with Crippen LogP contribution in [0.2, 0.25) is 0 Å². The summed E-state index contributed by atoms with van der Waals surface area (Å²) >= 11 is 0. The second kappa shape index (κ2) is 5.33. The molecule has 2 aliphatic rings. The van der Waals surface area contributed by atoms with E-state index >= 15 is 0 Å². The van der Waals surface area contributed by atoms with Gasteiger partial charge in [-0.3, -0.25) is 4.79 Å². The quantitative estimate of drug-likeness (QED) is 0.881. The molecule has 0 bridgehead atoms. The zero-order valence-electron chi connectivity index (χ0n) is 11.5. The average Bonchev–Trinajstić information content (AvgIpc) is 3.18. The molecule has 0 spiro atoms. The van der Waals surface area contributed by atoms with Crippen LogP contribution in [-0.2, 0) is 7.05 Å². The highest BCUT2D eigenvalue weighted by Gasteiger charge is 2.35. The van der Waals surface area contributed by atoms with E-state index in [0.717, 1.165) is 32.5 Å². The van der Waals surface area contributed by atoms with Crippen LogP contribution < -0.4 is 5.32 Å². The number of aryl methyl sites for hydroxylation is 1. The summed E-state index contributed by atoms with van der Waals surface area (Å²) in [5.41, 5.74) is 0.704. The van der Waals surface area contributed by atoms with Crippen LogP contribution in [0.25, 0.3) is 0 Å². The largest absolute Gasteiger partial charge is 0.334 e. The molecule has 5 heteroatoms. The highest BCUT2D eigenvalue weighted by atomic mass is 16.2. The summed E-state index contributed by atoms with van der Waals surface area (Å²) in [4.78, 5) is 18.8. The maximum atomic E-state index is 12.6. The third-order valence-electron chi connectivity index (χ3n) is 4.14. The van der Waals surface area contributed by atoms with E-state index in [1.165, 1.54) is 12.8 Å². The fourth-order valence-electron chi connectivity index (χ4n) is 2.85. The fourth-order valence-corrected chi connectivity index (χ4v) is 2.85. The van der Waals surface area contributed by atoms with Gasteiger partial charge in [0.2, 0.25) is 0 Å². The molecule has 2 fully saturated rings. The monoisotopic (exact) mass is 262 g/mol. The van der Waals surface area contributed by atoms with Gasteiger partial charge >= 0.3 is 0 Å². The van der Waals surface area contributed by atoms with Gasteiger partial charge in [0.1, 0.15) is 5.69 Å². The van der Waals surface area contributed by atoms with Crippen molar-refractivity contribution in [2.45, 2.75) is 31.7 Å². The molecule has 1 aliphatic carbocycles. The van der Waals surface area contributed by atoms with Crippen LogP contribution in [0, 0.1) is 5.92 Å². The zero-order chi connectivity index (χ0) is 13.2. The number of amides is 1. The molecule has 1 aliphatic heterocycles. The topological polar surface area (TPSA) is 50.2 Å². The third kappa shape index (κ3) is 2.81. The standard InChI is InChI=1S/C14H22N4O/c1-17-10-16-8-13(17)14(19)18(12-4-5-12)9-11-3-2-6-15-7-11/h8,10-12,15H,2-7,9H2,1H3. The molecule has 1 N–H and O–H groups in total. The number of hydrogen-bond acceptors (Lipinski definition) is 3. The smallest absolute Gasteiger partial charge is 0.272 e. The summed E-state index contributed by atoms with van der Waals surface area (Å²) in [6, 6.07) is 0.462. The minimum absolute atomic E-state index is 0.146. The molecule has 1 unspecified atom stereocenters. The number of carbonyl (C=O) groups excluding carboxylic acids is 1. The van der Waals surface area contributed by atoms with Crippen molar-refractivity contribution in [2.75, 3.05) is 19.6 Å². The Bertz CT molecular complexity index is 446. The number of imidazole rings is 1. The molecule has 5 nitrogen and oxygen atoms in total. The molecular weight excluding hydrogens is 240 g/mol. The third-order valence-corrected chi connectivity index (χ3v) is 4.14. The van der Waals surface area contributed by atoms with Gasteiger partial charge in [0.05, 0.1) is 12.5 Å². The van der Waals surface area contributed by atoms with E-state index in [9.17, 15) is 4.79 Å². The van der Waals surface area contributed by atoms with E-state index in [1.807, 2.05) is 11.6 Å². The lowest BCUT2D eigenvalue weighted by molar-refractivity contribution is 0.0694. The first-order chi connectivity index (χ1) is 9.25. The van der Waals surface area contributed by atoms with Gasteiger partial charge in [-0.1, -0.05) is 0 Å². The summed E-state index contributed by atoms with van der Waals surface area (Å²) in [7, 11) is 1.88. The number of aromatic nitrogens is 2. The Morgan fingerprint density at radius 2 is 2.37 bits per heavy atom. The Kier molecular flexibility index (Phi) is 3.55. The van der Waals surface area contributed by atoms with E-state index in [4.69, 9.17) is 0 Å². The van der Waals surface area contributed by atoms with E-state index < -0.39 is 0 Å². The highest BCUT2D eigenvalue weighted by molar-refractivity contribution is 5.92. The normalized spacial score (nSPS) is 23.3. The van der Waals surface area contributed by atoms with Crippen LogP contribution in [-0.4, -0.2) is 46.0 Å². The molecule has 0 aromatic carbocycles. The first-order valence-corrected chi connectivity index (χ1v) is 7.23. The zero-order valence-corrected chi connectivity index (χ0v) is 11.5. The van der Waals surface area contributed by atoms with Crippen molar-refractivity contribution in [1.82, 2.24) is 19.8 Å². The van der Waals surface area contributed by atoms with E-state index in [-0.39, 0.29) is 5.91 Å². The molecule has 0 radical (unpaired) electrons. The van der Waals surface area contributed by atoms with Crippen molar-refractivity contribution in [2.24, 2.45) is 13.0 Å². The number of nitrogens with zero attached hydrogens (tertiary/aromatic N) is 3. The van der Waals surface area contributed by atoms with Gasteiger partial charge in [0.15, 0.2) is 0 Å². The molecule has 1 amide bonds. The van der Waals surface area contributed by atoms with Crippen molar-refractivity contribution < 1.29 is 4.79 Å². The molecule has 1 saturated heterocycles. The van der Waals surface area contributed by atoms with Gasteiger partial charge in [-0.2, -0.15) is 0 Å². The number of hydrogen-bond donors (Lipinski definition) is 1. The van der Waals surface area contributed by atoms with Gasteiger partial charge in [0, 0.05) is 19.6 Å². The van der Waals surface area contributed by atoms with Gasteiger partial charge in [0.25, 0.3) is 5.91 Å². The lowest BCUT2D eigenvalue weighted by Crippen LogP contribution is -2.42. The van der Waals surface area contributed by atoms with E-state index in [0.29, 0.717) is 17.7 Å². The Hall–Kier alpha value is -1.36. The van der Waals surface area contributed by atoms with E-state index in [2.05, 4.69) is 15.2 Å². The van der Waals surface area contributed by atoms with Crippen molar-refractivity contribution in [1.29, 1.82) is 0 Å². The van der Waals surface area contributed by atoms with Crippen molar-refractivity contribution in [3.05, 3.63) is 18.2 Å². The molecule has 1 atom stereocenters. The lowest BCUT2D eigenvalue weighted by Gasteiger charge is -2.30. The van der Waals surface area contributed by atoms with Crippen LogP contribution in [0.1, 0.15) is 36.2 Å². The van der Waals surface area contributed by atoms with Gasteiger partial charge in [-0.25, -0.2) is 4.98 Å². The Balaban J connectivity index is 1.70. The fraction of sp³-hybridized carbons (Fsp3) is 0.714. The van der Waals surface area contributed by atoms with Crippen molar-refractivity contribution in [3.63, 3.8) is 0 Å². The summed E-state index contributed by atoms with van der Waals surface area (Å²) in [5, 5.41) is 3.43. The van der Waals surface area contributed by atoms with Gasteiger partial charge in [-0.15, -0.1) is 0 Å². The number of rotatable bonds is 4. The first-order valence-electron chi connectivity index (χ1n) is 7.23. The maximum absolute atomic E-state index is 12.6.